The predicted octanol–water partition coefficient (Wildman–Crippen LogP) is 1.29. The van der Waals surface area contributed by atoms with Crippen molar-refractivity contribution in [2.75, 3.05) is 0 Å². The molecule has 0 spiro atoms. The van der Waals surface area contributed by atoms with Crippen molar-refractivity contribution in [3.05, 3.63) is 29.8 Å². The van der Waals surface area contributed by atoms with Crippen molar-refractivity contribution in [2.45, 2.75) is 13.5 Å². The number of nitrogens with two attached hydrogens (primary N) is 2. The summed E-state index contributed by atoms with van der Waals surface area (Å²) in [6, 6.07) is 5.99. The second kappa shape index (κ2) is 5.78. The standard InChI is InChI=1S/C10H12F2N4O/c1-6(15-16-10(13)14)7-2-4-8(5-3-7)17-9(11)12/h2-5,9H,1H3,(H4,13,14,16). The maximum Gasteiger partial charge on any atom is 0.387 e. The highest BCUT2D eigenvalue weighted by Gasteiger charge is 2.04. The molecule has 0 saturated carbocycles. The molecule has 1 aromatic carbocycles. The summed E-state index contributed by atoms with van der Waals surface area (Å²) in [6.07, 6.45) is 0. The Bertz CT molecular complexity index is 424. The molecule has 4 N–H and O–H groups in total. The molecule has 0 bridgehead atoms. The van der Waals surface area contributed by atoms with Gasteiger partial charge in [-0.25, -0.2) is 0 Å². The number of benzene rings is 1. The van der Waals surface area contributed by atoms with E-state index < -0.39 is 6.61 Å². The Labute approximate surface area is 96.8 Å². The van der Waals surface area contributed by atoms with Gasteiger partial charge in [0.05, 0.1) is 5.71 Å². The normalized spacial score (nSPS) is 11.4. The van der Waals surface area contributed by atoms with E-state index in [0.717, 1.165) is 0 Å². The minimum atomic E-state index is -2.84. The lowest BCUT2D eigenvalue weighted by Crippen LogP contribution is -2.22. The molecule has 0 atom stereocenters. The van der Waals surface area contributed by atoms with Crippen LogP contribution in [0.4, 0.5) is 8.78 Å². The van der Waals surface area contributed by atoms with E-state index in [2.05, 4.69) is 14.9 Å². The third-order valence-corrected chi connectivity index (χ3v) is 1.81. The van der Waals surface area contributed by atoms with Gasteiger partial charge >= 0.3 is 6.61 Å². The molecule has 5 nitrogen and oxygen atoms in total. The summed E-state index contributed by atoms with van der Waals surface area (Å²) < 4.78 is 28.0. The van der Waals surface area contributed by atoms with Crippen LogP contribution in [0.1, 0.15) is 12.5 Å². The lowest BCUT2D eigenvalue weighted by atomic mass is 10.1. The van der Waals surface area contributed by atoms with Crippen LogP contribution in [0.3, 0.4) is 0 Å². The summed E-state index contributed by atoms with van der Waals surface area (Å²) in [5.74, 6) is -0.0691. The third kappa shape index (κ3) is 4.45. The molecule has 0 heterocycles. The smallest absolute Gasteiger partial charge is 0.387 e. The summed E-state index contributed by atoms with van der Waals surface area (Å²) in [5.41, 5.74) is 11.5. The zero-order valence-electron chi connectivity index (χ0n) is 9.10. The fourth-order valence-corrected chi connectivity index (χ4v) is 1.07. The Hall–Kier alpha value is -2.18. The van der Waals surface area contributed by atoms with Gasteiger partial charge in [0.25, 0.3) is 0 Å². The third-order valence-electron chi connectivity index (χ3n) is 1.81. The molecule has 17 heavy (non-hydrogen) atoms. The summed E-state index contributed by atoms with van der Waals surface area (Å²) in [7, 11) is 0. The molecule has 0 aromatic heterocycles. The van der Waals surface area contributed by atoms with E-state index in [1.165, 1.54) is 12.1 Å². The van der Waals surface area contributed by atoms with Gasteiger partial charge in [-0.1, -0.05) is 0 Å². The molecule has 0 aliphatic rings. The summed E-state index contributed by atoms with van der Waals surface area (Å²) in [5, 5.41) is 7.23. The van der Waals surface area contributed by atoms with Crippen LogP contribution >= 0.6 is 0 Å². The van der Waals surface area contributed by atoms with Crippen molar-refractivity contribution in [2.24, 2.45) is 21.7 Å². The zero-order valence-corrected chi connectivity index (χ0v) is 9.10. The zero-order chi connectivity index (χ0) is 12.8. The Morgan fingerprint density at radius 1 is 1.18 bits per heavy atom. The summed E-state index contributed by atoms with van der Waals surface area (Å²) in [4.78, 5) is 0. The van der Waals surface area contributed by atoms with Crippen molar-refractivity contribution in [3.8, 4) is 5.75 Å². The molecule has 7 heteroatoms. The van der Waals surface area contributed by atoms with E-state index in [0.29, 0.717) is 11.3 Å². The van der Waals surface area contributed by atoms with Crippen molar-refractivity contribution < 1.29 is 13.5 Å². The quantitative estimate of drug-likeness (QED) is 0.474. The Kier molecular flexibility index (Phi) is 4.38. The second-order valence-corrected chi connectivity index (χ2v) is 3.11. The second-order valence-electron chi connectivity index (χ2n) is 3.11. The first-order valence-electron chi connectivity index (χ1n) is 4.67. The van der Waals surface area contributed by atoms with Gasteiger partial charge in [-0.05, 0) is 36.8 Å². The minimum Gasteiger partial charge on any atom is -0.435 e. The maximum absolute atomic E-state index is 11.9. The Morgan fingerprint density at radius 2 is 1.76 bits per heavy atom. The van der Waals surface area contributed by atoms with Gasteiger partial charge in [-0.3, -0.25) is 0 Å². The number of nitrogens with zero attached hydrogens (tertiary/aromatic N) is 2. The molecule has 0 aliphatic heterocycles. The average Bonchev–Trinajstić information content (AvgIpc) is 2.26. The Morgan fingerprint density at radius 3 is 2.24 bits per heavy atom. The minimum absolute atomic E-state index is 0.0818. The first-order chi connectivity index (χ1) is 7.99. The molecule has 0 aliphatic carbocycles. The molecular formula is C10H12F2N4O. The van der Waals surface area contributed by atoms with Crippen molar-refractivity contribution in [1.82, 2.24) is 0 Å². The van der Waals surface area contributed by atoms with E-state index in [1.807, 2.05) is 0 Å². The molecule has 1 aromatic rings. The van der Waals surface area contributed by atoms with Crippen LogP contribution in [-0.2, 0) is 0 Å². The van der Waals surface area contributed by atoms with Gasteiger partial charge in [0.2, 0.25) is 5.96 Å². The van der Waals surface area contributed by atoms with Gasteiger partial charge in [0.15, 0.2) is 0 Å². The van der Waals surface area contributed by atoms with Crippen LogP contribution in [0.5, 0.6) is 5.75 Å². The van der Waals surface area contributed by atoms with Gasteiger partial charge in [-0.15, -0.1) is 5.10 Å². The van der Waals surface area contributed by atoms with Crippen LogP contribution in [-0.4, -0.2) is 18.3 Å². The molecule has 0 saturated heterocycles. The van der Waals surface area contributed by atoms with E-state index in [9.17, 15) is 8.78 Å². The monoisotopic (exact) mass is 242 g/mol. The van der Waals surface area contributed by atoms with Crippen molar-refractivity contribution >= 4 is 11.7 Å². The topological polar surface area (TPSA) is 86.0 Å². The predicted molar refractivity (Wildman–Crippen MR) is 61.1 cm³/mol. The van der Waals surface area contributed by atoms with E-state index in [4.69, 9.17) is 11.5 Å². The number of hydrogen-bond donors (Lipinski definition) is 2. The first kappa shape index (κ1) is 12.9. The first-order valence-corrected chi connectivity index (χ1v) is 4.67. The number of hydrogen-bond acceptors (Lipinski definition) is 3. The number of ether oxygens (including phenoxy) is 1. The SMILES string of the molecule is CC(=NN=C(N)N)c1ccc(OC(F)F)cc1. The van der Waals surface area contributed by atoms with E-state index in [1.54, 1.807) is 19.1 Å². The lowest BCUT2D eigenvalue weighted by molar-refractivity contribution is -0.0498. The molecule has 0 amide bonds. The van der Waals surface area contributed by atoms with Crippen LogP contribution in [0.15, 0.2) is 34.5 Å². The van der Waals surface area contributed by atoms with Gasteiger partial charge in [-0.2, -0.15) is 13.9 Å². The largest absolute Gasteiger partial charge is 0.435 e. The number of rotatable bonds is 4. The highest BCUT2D eigenvalue weighted by Crippen LogP contribution is 2.15. The fourth-order valence-electron chi connectivity index (χ4n) is 1.07. The highest BCUT2D eigenvalue weighted by atomic mass is 19.3. The molecule has 1 rings (SSSR count). The average molecular weight is 242 g/mol. The van der Waals surface area contributed by atoms with Gasteiger partial charge in [0.1, 0.15) is 5.75 Å². The lowest BCUT2D eigenvalue weighted by Gasteiger charge is -2.04. The molecule has 0 fully saturated rings. The van der Waals surface area contributed by atoms with Gasteiger partial charge in [0, 0.05) is 0 Å². The molecule has 0 radical (unpaired) electrons. The van der Waals surface area contributed by atoms with Crippen molar-refractivity contribution in [1.29, 1.82) is 0 Å². The number of halogens is 2. The van der Waals surface area contributed by atoms with Crippen LogP contribution in [0, 0.1) is 0 Å². The molecule has 92 valence electrons. The van der Waals surface area contributed by atoms with Crippen molar-refractivity contribution in [3.63, 3.8) is 0 Å². The van der Waals surface area contributed by atoms with Crippen LogP contribution < -0.4 is 16.2 Å². The maximum atomic E-state index is 11.9. The van der Waals surface area contributed by atoms with Crippen LogP contribution in [0.2, 0.25) is 0 Å². The summed E-state index contributed by atoms with van der Waals surface area (Å²) >= 11 is 0. The fraction of sp³-hybridized carbons (Fsp3) is 0.200. The summed E-state index contributed by atoms with van der Waals surface area (Å²) in [6.45, 7) is -1.15. The molecular weight excluding hydrogens is 230 g/mol. The van der Waals surface area contributed by atoms with E-state index >= 15 is 0 Å². The number of guanidine groups is 1. The highest BCUT2D eigenvalue weighted by molar-refractivity contribution is 5.99. The Balaban J connectivity index is 2.80. The van der Waals surface area contributed by atoms with Crippen LogP contribution in [0.25, 0.3) is 0 Å². The van der Waals surface area contributed by atoms with E-state index in [-0.39, 0.29) is 11.7 Å². The molecule has 0 unspecified atom stereocenters. The number of alkyl halides is 2. The van der Waals surface area contributed by atoms with Gasteiger partial charge < -0.3 is 16.2 Å².